The summed E-state index contributed by atoms with van der Waals surface area (Å²) in [6.45, 7) is 1.67. The van der Waals surface area contributed by atoms with Crippen LogP contribution in [0.25, 0.3) is 0 Å². The summed E-state index contributed by atoms with van der Waals surface area (Å²) in [7, 11) is -3.64. The fourth-order valence-electron chi connectivity index (χ4n) is 1.26. The van der Waals surface area contributed by atoms with Crippen molar-refractivity contribution < 1.29 is 32.4 Å². The molecule has 18 heavy (non-hydrogen) atoms. The van der Waals surface area contributed by atoms with Crippen molar-refractivity contribution in [2.24, 2.45) is 0 Å². The zero-order valence-corrected chi connectivity index (χ0v) is 13.5. The molecule has 0 aliphatic heterocycles. The van der Waals surface area contributed by atoms with Crippen LogP contribution >= 0.6 is 0 Å². The van der Waals surface area contributed by atoms with E-state index in [9.17, 15) is 8.42 Å². The van der Waals surface area contributed by atoms with Crippen molar-refractivity contribution in [2.45, 2.75) is 11.8 Å². The van der Waals surface area contributed by atoms with Crippen molar-refractivity contribution in [1.29, 1.82) is 0 Å². The minimum absolute atomic E-state index is 0. The number of nitrogens with zero attached hydrogens (tertiary/aromatic N) is 1. The standard InChI is InChI=1S/C10H11N3O3S.Zn/c1-7-6-10(12-16-7)13-17(14,15)9-4-2-8(11)3-5-9;/h2-6H,11H2,1H3,(H,12,13);. The summed E-state index contributed by atoms with van der Waals surface area (Å²) < 4.78 is 30.8. The summed E-state index contributed by atoms with van der Waals surface area (Å²) in [6.07, 6.45) is 0. The molecule has 0 atom stereocenters. The number of hydrogen-bond donors (Lipinski definition) is 2. The molecule has 0 spiro atoms. The van der Waals surface area contributed by atoms with Crippen molar-refractivity contribution in [3.05, 3.63) is 36.1 Å². The quantitative estimate of drug-likeness (QED) is 0.658. The third kappa shape index (κ3) is 3.30. The van der Waals surface area contributed by atoms with Gasteiger partial charge in [-0.15, -0.1) is 0 Å². The van der Waals surface area contributed by atoms with E-state index in [1.807, 2.05) is 0 Å². The van der Waals surface area contributed by atoms with Gasteiger partial charge in [-0.3, -0.25) is 4.72 Å². The van der Waals surface area contributed by atoms with Crippen molar-refractivity contribution in [1.82, 2.24) is 5.16 Å². The van der Waals surface area contributed by atoms with E-state index in [4.69, 9.17) is 10.3 Å². The Morgan fingerprint density at radius 1 is 1.28 bits per heavy atom. The number of anilines is 2. The van der Waals surface area contributed by atoms with Crippen molar-refractivity contribution >= 4 is 21.5 Å². The van der Waals surface area contributed by atoms with Gasteiger partial charge in [-0.1, -0.05) is 5.16 Å². The molecule has 0 fully saturated rings. The Hall–Kier alpha value is -1.40. The van der Waals surface area contributed by atoms with Crippen LogP contribution in [0.3, 0.4) is 0 Å². The zero-order valence-electron chi connectivity index (χ0n) is 9.75. The Bertz CT molecular complexity index is 622. The first kappa shape index (κ1) is 14.7. The van der Waals surface area contributed by atoms with E-state index in [0.29, 0.717) is 11.4 Å². The molecule has 0 radical (unpaired) electrons. The number of nitrogen functional groups attached to an aromatic ring is 1. The molecule has 0 unspecified atom stereocenters. The van der Waals surface area contributed by atoms with Crippen LogP contribution < -0.4 is 10.5 Å². The van der Waals surface area contributed by atoms with Gasteiger partial charge in [-0.25, -0.2) is 8.42 Å². The van der Waals surface area contributed by atoms with E-state index in [1.165, 1.54) is 30.3 Å². The zero-order chi connectivity index (χ0) is 12.5. The molecule has 6 nitrogen and oxygen atoms in total. The summed E-state index contributed by atoms with van der Waals surface area (Å²) in [6, 6.07) is 7.37. The van der Waals surface area contributed by atoms with Crippen LogP contribution in [0.2, 0.25) is 0 Å². The number of aryl methyl sites for hydroxylation is 1. The van der Waals surface area contributed by atoms with E-state index < -0.39 is 10.0 Å². The number of nitrogens with one attached hydrogen (secondary N) is 1. The van der Waals surface area contributed by atoms with Crippen LogP contribution in [-0.4, -0.2) is 13.6 Å². The van der Waals surface area contributed by atoms with Crippen molar-refractivity contribution in [3.63, 3.8) is 0 Å². The molecule has 2 rings (SSSR count). The first-order chi connectivity index (χ1) is 7.97. The van der Waals surface area contributed by atoms with E-state index in [-0.39, 0.29) is 30.2 Å². The van der Waals surface area contributed by atoms with Crippen molar-refractivity contribution in [2.75, 3.05) is 10.5 Å². The van der Waals surface area contributed by atoms with Crippen molar-refractivity contribution in [3.8, 4) is 0 Å². The van der Waals surface area contributed by atoms with Crippen LogP contribution in [0.5, 0.6) is 0 Å². The molecule has 0 amide bonds. The Morgan fingerprint density at radius 3 is 2.39 bits per heavy atom. The SMILES string of the molecule is Cc1cc(NS(=O)(=O)c2ccc(N)cc2)no1.[Zn]. The smallest absolute Gasteiger partial charge is 0.263 e. The van der Waals surface area contributed by atoms with Gasteiger partial charge in [-0.2, -0.15) is 0 Å². The van der Waals surface area contributed by atoms with Crippen LogP contribution in [0, 0.1) is 6.92 Å². The summed E-state index contributed by atoms with van der Waals surface area (Å²) in [5.41, 5.74) is 5.98. The van der Waals surface area contributed by atoms with E-state index in [0.717, 1.165) is 0 Å². The molecule has 2 aromatic rings. The number of benzene rings is 1. The van der Waals surface area contributed by atoms with Gasteiger partial charge in [0.05, 0.1) is 4.90 Å². The monoisotopic (exact) mass is 317 g/mol. The molecule has 3 N–H and O–H groups in total. The first-order valence-electron chi connectivity index (χ1n) is 4.79. The second kappa shape index (κ2) is 5.50. The van der Waals surface area contributed by atoms with Gasteiger partial charge in [0.1, 0.15) is 5.76 Å². The number of nitrogens with two attached hydrogens (primary N) is 1. The van der Waals surface area contributed by atoms with Crippen LogP contribution in [0.15, 0.2) is 39.8 Å². The second-order valence-electron chi connectivity index (χ2n) is 3.50. The minimum Gasteiger partial charge on any atom is -0.399 e. The van der Waals surface area contributed by atoms with E-state index in [1.54, 1.807) is 6.92 Å². The fourth-order valence-corrected chi connectivity index (χ4v) is 2.24. The van der Waals surface area contributed by atoms with Gasteiger partial charge in [-0.05, 0) is 31.2 Å². The summed E-state index contributed by atoms with van der Waals surface area (Å²) in [5.74, 6) is 0.680. The normalized spacial score (nSPS) is 10.7. The molecule has 0 bridgehead atoms. The average molecular weight is 319 g/mol. The Morgan fingerprint density at radius 2 is 1.89 bits per heavy atom. The second-order valence-corrected chi connectivity index (χ2v) is 5.18. The van der Waals surface area contributed by atoms with Gasteiger partial charge >= 0.3 is 0 Å². The summed E-state index contributed by atoms with van der Waals surface area (Å²) >= 11 is 0. The molecule has 0 aliphatic carbocycles. The average Bonchev–Trinajstić information content (AvgIpc) is 2.63. The Balaban J connectivity index is 0.00000162. The predicted molar refractivity (Wildman–Crippen MR) is 62.9 cm³/mol. The van der Waals surface area contributed by atoms with Crippen LogP contribution in [0.4, 0.5) is 11.5 Å². The molecule has 0 aliphatic rings. The number of rotatable bonds is 3. The Labute approximate surface area is 117 Å². The maximum Gasteiger partial charge on any atom is 0.263 e. The third-order valence-corrected chi connectivity index (χ3v) is 3.43. The van der Waals surface area contributed by atoms with E-state index in [2.05, 4.69) is 9.88 Å². The molecule has 92 valence electrons. The third-order valence-electron chi connectivity index (χ3n) is 2.06. The first-order valence-corrected chi connectivity index (χ1v) is 6.27. The molecular formula is C10H11N3O3SZn. The molecule has 8 heteroatoms. The molecule has 0 saturated heterocycles. The van der Waals surface area contributed by atoms with Crippen LogP contribution in [0.1, 0.15) is 5.76 Å². The van der Waals surface area contributed by atoms with Gasteiger partial charge in [0.25, 0.3) is 10.0 Å². The molecule has 1 aromatic heterocycles. The Kier molecular flexibility index (Phi) is 4.48. The number of hydrogen-bond acceptors (Lipinski definition) is 5. The van der Waals surface area contributed by atoms with Gasteiger partial charge < -0.3 is 10.3 Å². The maximum absolute atomic E-state index is 11.9. The van der Waals surface area contributed by atoms with Gasteiger partial charge in [0.2, 0.25) is 0 Å². The number of aromatic nitrogens is 1. The molecule has 1 heterocycles. The van der Waals surface area contributed by atoms with Crippen LogP contribution in [-0.2, 0) is 29.5 Å². The summed E-state index contributed by atoms with van der Waals surface area (Å²) in [4.78, 5) is 0.118. The number of sulfonamides is 1. The molecule has 1 aromatic carbocycles. The largest absolute Gasteiger partial charge is 0.399 e. The maximum atomic E-state index is 11.9. The molecule has 0 saturated carbocycles. The van der Waals surface area contributed by atoms with Gasteiger partial charge in [0.15, 0.2) is 5.82 Å². The fraction of sp³-hybridized carbons (Fsp3) is 0.100. The molecular weight excluding hydrogens is 308 g/mol. The predicted octanol–water partition coefficient (Wildman–Crippen LogP) is 1.36. The minimum atomic E-state index is -3.64. The summed E-state index contributed by atoms with van der Waals surface area (Å²) in [5, 5.41) is 3.55. The van der Waals surface area contributed by atoms with E-state index >= 15 is 0 Å². The van der Waals surface area contributed by atoms with Gasteiger partial charge in [0, 0.05) is 31.2 Å². The topological polar surface area (TPSA) is 98.2 Å².